The van der Waals surface area contributed by atoms with Crippen LogP contribution in [0.4, 0.5) is 23.4 Å². The van der Waals surface area contributed by atoms with Crippen LogP contribution in [0.25, 0.3) is 39.0 Å². The molecule has 15 heteroatoms. The molecule has 0 atom stereocenters. The summed E-state index contributed by atoms with van der Waals surface area (Å²) in [5, 5.41) is 7.55. The van der Waals surface area contributed by atoms with E-state index < -0.39 is 18.6 Å². The van der Waals surface area contributed by atoms with Gasteiger partial charge in [-0.25, -0.2) is 4.39 Å². The number of alkyl halides is 3. The summed E-state index contributed by atoms with van der Waals surface area (Å²) in [6, 6.07) is 3.15. The van der Waals surface area contributed by atoms with Gasteiger partial charge in [-0.2, -0.15) is 28.2 Å². The smallest absolute Gasteiger partial charge is 0.422 e. The minimum absolute atomic E-state index is 0.0232. The molecule has 282 valence electrons. The van der Waals surface area contributed by atoms with Crippen molar-refractivity contribution in [2.24, 2.45) is 5.41 Å². The van der Waals surface area contributed by atoms with Crippen LogP contribution in [0.3, 0.4) is 0 Å². The number of benzene rings is 2. The van der Waals surface area contributed by atoms with Crippen LogP contribution in [0, 0.1) is 18.2 Å². The number of halogens is 4. The third-order valence-corrected chi connectivity index (χ3v) is 10.8. The summed E-state index contributed by atoms with van der Waals surface area (Å²) < 4.78 is 74.3. The zero-order valence-corrected chi connectivity index (χ0v) is 29.9. The highest BCUT2D eigenvalue weighted by molar-refractivity contribution is 6.07. The average molecular weight is 738 g/mol. The van der Waals surface area contributed by atoms with Gasteiger partial charge in [-0.15, -0.1) is 0 Å². The molecule has 1 amide bonds. The zero-order valence-electron chi connectivity index (χ0n) is 29.9. The molecule has 53 heavy (non-hydrogen) atoms. The molecule has 2 aromatic carbocycles. The molecule has 11 nitrogen and oxygen atoms in total. The number of hydrogen-bond acceptors (Lipinski definition) is 9. The number of aryl methyl sites for hydroxylation is 1. The topological polar surface area (TPSA) is 109 Å². The monoisotopic (exact) mass is 737 g/mol. The number of methoxy groups -OCH3 is 1. The number of ether oxygens (including phenoxy) is 3. The number of rotatable bonds is 11. The number of hydrogen-bond donors (Lipinski definition) is 1. The minimum Gasteiger partial charge on any atom is -0.481 e. The van der Waals surface area contributed by atoms with E-state index in [0.717, 1.165) is 32.5 Å². The van der Waals surface area contributed by atoms with Gasteiger partial charge in [0.2, 0.25) is 5.91 Å². The first-order valence-electron chi connectivity index (χ1n) is 17.8. The first-order chi connectivity index (χ1) is 25.4. The highest BCUT2D eigenvalue weighted by Crippen LogP contribution is 2.48. The summed E-state index contributed by atoms with van der Waals surface area (Å²) in [4.78, 5) is 28.1. The summed E-state index contributed by atoms with van der Waals surface area (Å²) in [6.07, 6.45) is 2.40. The lowest BCUT2D eigenvalue weighted by Gasteiger charge is -2.54. The second-order valence-electron chi connectivity index (χ2n) is 14.2. The second-order valence-corrected chi connectivity index (χ2v) is 14.2. The summed E-state index contributed by atoms with van der Waals surface area (Å²) in [5.41, 5.74) is 1.87. The first kappa shape index (κ1) is 36.6. The Bertz CT molecular complexity index is 2030. The predicted octanol–water partition coefficient (Wildman–Crippen LogP) is 6.31. The van der Waals surface area contributed by atoms with Crippen molar-refractivity contribution in [3.63, 3.8) is 0 Å². The number of anilines is 1. The van der Waals surface area contributed by atoms with Crippen molar-refractivity contribution in [1.82, 2.24) is 30.0 Å². The van der Waals surface area contributed by atoms with Crippen molar-refractivity contribution in [1.29, 1.82) is 0 Å². The molecule has 3 saturated heterocycles. The van der Waals surface area contributed by atoms with Crippen LogP contribution in [-0.2, 0) is 9.53 Å². The van der Waals surface area contributed by atoms with E-state index in [1.165, 1.54) is 18.3 Å². The summed E-state index contributed by atoms with van der Waals surface area (Å²) in [5.74, 6) is -0.265. The van der Waals surface area contributed by atoms with Crippen molar-refractivity contribution >= 4 is 39.6 Å². The Kier molecular flexibility index (Phi) is 10.1. The molecular formula is C38H43F4N7O4. The summed E-state index contributed by atoms with van der Waals surface area (Å²) >= 11 is 0. The van der Waals surface area contributed by atoms with Gasteiger partial charge < -0.3 is 28.9 Å². The lowest BCUT2D eigenvalue weighted by atomic mass is 9.72. The lowest BCUT2D eigenvalue weighted by molar-refractivity contribution is -0.153. The Balaban J connectivity index is 1.35. The third-order valence-electron chi connectivity index (χ3n) is 10.8. The van der Waals surface area contributed by atoms with Crippen LogP contribution < -0.4 is 14.4 Å². The quantitative estimate of drug-likeness (QED) is 0.140. The minimum atomic E-state index is -4.67. The van der Waals surface area contributed by atoms with Gasteiger partial charge in [-0.05, 0) is 61.9 Å². The fourth-order valence-electron chi connectivity index (χ4n) is 7.94. The van der Waals surface area contributed by atoms with E-state index >= 15 is 4.39 Å². The molecule has 2 aromatic heterocycles. The molecule has 3 aliphatic rings. The fourth-order valence-corrected chi connectivity index (χ4v) is 7.94. The molecule has 5 heterocycles. The van der Waals surface area contributed by atoms with Gasteiger partial charge in [0.1, 0.15) is 28.8 Å². The van der Waals surface area contributed by atoms with Crippen molar-refractivity contribution in [2.75, 3.05) is 71.0 Å². The van der Waals surface area contributed by atoms with E-state index in [1.807, 2.05) is 0 Å². The van der Waals surface area contributed by atoms with E-state index in [-0.39, 0.29) is 45.8 Å². The molecule has 0 unspecified atom stereocenters. The molecule has 7 rings (SSSR count). The Labute approximate surface area is 304 Å². The molecule has 0 aliphatic carbocycles. The average Bonchev–Trinajstić information content (AvgIpc) is 3.62. The van der Waals surface area contributed by atoms with Crippen LogP contribution in [0.1, 0.15) is 36.8 Å². The Hall–Kier alpha value is -4.76. The molecule has 0 bridgehead atoms. The van der Waals surface area contributed by atoms with Crippen LogP contribution in [-0.4, -0.2) is 114 Å². The maximum atomic E-state index is 15.1. The van der Waals surface area contributed by atoms with E-state index in [4.69, 9.17) is 24.2 Å². The fraction of sp³-hybridized carbons (Fsp3) is 0.474. The highest BCUT2D eigenvalue weighted by Gasteiger charge is 2.46. The number of aromatic nitrogens is 4. The van der Waals surface area contributed by atoms with Gasteiger partial charge >= 0.3 is 12.2 Å². The molecule has 0 saturated carbocycles. The number of carbonyl (C=O) groups is 1. The maximum absolute atomic E-state index is 15.1. The van der Waals surface area contributed by atoms with Crippen molar-refractivity contribution in [3.05, 3.63) is 54.5 Å². The second kappa shape index (κ2) is 14.6. The number of amides is 1. The zero-order chi connectivity index (χ0) is 37.5. The molecular weight excluding hydrogens is 694 g/mol. The standard InChI is InChI=1S/C38H43F4N7O4/c1-5-24-18-26-33(34(52-22-38(40,41)42)31(24)30-23(3)17-28(39)32-27(30)19-43-46-32)44-36(53-25-7-11-47(12-8-25)15-16-51-4)45-35(26)48-13-9-37(10-14-48)20-49(21-37)29(50)6-2/h5-6,17-19,25H,1-2,7-16,20-22H2,3-4H3,(H,43,46). The highest BCUT2D eigenvalue weighted by atomic mass is 19.4. The van der Waals surface area contributed by atoms with Crippen LogP contribution in [0.5, 0.6) is 11.8 Å². The summed E-state index contributed by atoms with van der Waals surface area (Å²) in [6.45, 7) is 13.2. The van der Waals surface area contributed by atoms with E-state index in [0.29, 0.717) is 78.9 Å². The lowest BCUT2D eigenvalue weighted by Crippen LogP contribution is -2.61. The molecule has 0 radical (unpaired) electrons. The van der Waals surface area contributed by atoms with Crippen molar-refractivity contribution < 1.29 is 36.6 Å². The number of carbonyl (C=O) groups excluding carboxylic acids is 1. The van der Waals surface area contributed by atoms with Gasteiger partial charge in [0.25, 0.3) is 0 Å². The van der Waals surface area contributed by atoms with Crippen molar-refractivity contribution in [3.8, 4) is 22.9 Å². The molecule has 1 N–H and O–H groups in total. The predicted molar refractivity (Wildman–Crippen MR) is 194 cm³/mol. The van der Waals surface area contributed by atoms with E-state index in [9.17, 15) is 18.0 Å². The Morgan fingerprint density at radius 3 is 2.47 bits per heavy atom. The van der Waals surface area contributed by atoms with Crippen LogP contribution >= 0.6 is 0 Å². The van der Waals surface area contributed by atoms with Crippen LogP contribution in [0.15, 0.2) is 37.6 Å². The van der Waals surface area contributed by atoms with Crippen LogP contribution in [0.2, 0.25) is 0 Å². The number of fused-ring (bicyclic) bond motifs is 2. The van der Waals surface area contributed by atoms with E-state index in [1.54, 1.807) is 31.1 Å². The normalized spacial score (nSPS) is 18.1. The molecule has 4 aromatic rings. The Morgan fingerprint density at radius 1 is 1.08 bits per heavy atom. The van der Waals surface area contributed by atoms with E-state index in [2.05, 4.69) is 33.2 Å². The summed E-state index contributed by atoms with van der Waals surface area (Å²) in [7, 11) is 1.67. The maximum Gasteiger partial charge on any atom is 0.422 e. The number of likely N-dealkylation sites (tertiary alicyclic amines) is 2. The number of aromatic amines is 1. The number of nitrogens with one attached hydrogen (secondary N) is 1. The SMILES string of the molecule is C=CC(=O)N1CC2(CCN(c3nc(OC4CCN(CCOC)CC4)nc4c(OCC(F)(F)F)c(-c5c(C)cc(F)c6[nH]ncc56)c(C=C)cc34)CC2)C1. The van der Waals surface area contributed by atoms with Gasteiger partial charge in [0, 0.05) is 80.2 Å². The van der Waals surface area contributed by atoms with Gasteiger partial charge in [0.15, 0.2) is 12.4 Å². The first-order valence-corrected chi connectivity index (χ1v) is 17.8. The van der Waals surface area contributed by atoms with Gasteiger partial charge in [0.05, 0.1) is 12.8 Å². The number of H-pyrrole nitrogens is 1. The Morgan fingerprint density at radius 2 is 1.81 bits per heavy atom. The number of piperidine rings is 2. The molecule has 1 spiro atoms. The molecule has 3 fully saturated rings. The largest absolute Gasteiger partial charge is 0.481 e. The number of nitrogens with zero attached hydrogens (tertiary/aromatic N) is 6. The van der Waals surface area contributed by atoms with Crippen molar-refractivity contribution in [2.45, 2.75) is 44.9 Å². The van der Waals surface area contributed by atoms with Gasteiger partial charge in [-0.3, -0.25) is 9.89 Å². The third kappa shape index (κ3) is 7.28. The van der Waals surface area contributed by atoms with Gasteiger partial charge in [-0.1, -0.05) is 19.2 Å². The molecule has 3 aliphatic heterocycles.